The molecule has 0 heterocycles. The van der Waals surface area contributed by atoms with E-state index in [9.17, 15) is 4.39 Å². The summed E-state index contributed by atoms with van der Waals surface area (Å²) in [5.41, 5.74) is 3.98. The van der Waals surface area contributed by atoms with Crippen LogP contribution in [0.4, 0.5) is 4.39 Å². The fourth-order valence-electron chi connectivity index (χ4n) is 2.33. The molecule has 0 fully saturated rings. The maximum atomic E-state index is 14.5. The Bertz CT molecular complexity index is 629. The first-order valence-electron chi connectivity index (χ1n) is 7.00. The van der Waals surface area contributed by atoms with Crippen molar-refractivity contribution in [3.8, 4) is 11.1 Å². The van der Waals surface area contributed by atoms with E-state index in [1.165, 1.54) is 13.6 Å². The number of aryl methyl sites for hydroxylation is 2. The van der Waals surface area contributed by atoms with Crippen molar-refractivity contribution in [2.24, 2.45) is 0 Å². The molecule has 0 unspecified atom stereocenters. The van der Waals surface area contributed by atoms with Crippen molar-refractivity contribution in [1.29, 1.82) is 0 Å². The molecule has 0 N–H and O–H groups in total. The van der Waals surface area contributed by atoms with E-state index < -0.39 is 0 Å². The molecule has 5 heteroatoms. The first-order valence-corrected chi connectivity index (χ1v) is 11.7. The Hall–Kier alpha value is 0.282. The molecule has 114 valence electrons. The monoisotopic (exact) mass is 544 g/mol. The van der Waals surface area contributed by atoms with E-state index in [2.05, 4.69) is 26.0 Å². The molecule has 22 heavy (non-hydrogen) atoms. The van der Waals surface area contributed by atoms with Crippen LogP contribution in [0.2, 0.25) is 0 Å². The van der Waals surface area contributed by atoms with Crippen LogP contribution in [-0.2, 0) is 0 Å². The number of thioether (sulfide) groups is 2. The molecule has 2 aromatic carbocycles. The SMILES string of the molecule is CCSc1cc(-c2cc(SCCl)c(C)cc2F)[c]([Tl])cc1C. The molecule has 0 aromatic heterocycles. The van der Waals surface area contributed by atoms with E-state index in [-0.39, 0.29) is 5.82 Å². The predicted octanol–water partition coefficient (Wildman–Crippen LogP) is 5.30. The quantitative estimate of drug-likeness (QED) is 0.285. The van der Waals surface area contributed by atoms with Crippen molar-refractivity contribution < 1.29 is 4.39 Å². The Kier molecular flexibility index (Phi) is 7.11. The summed E-state index contributed by atoms with van der Waals surface area (Å²) < 4.78 is 15.8. The Labute approximate surface area is 161 Å². The van der Waals surface area contributed by atoms with Gasteiger partial charge in [-0.05, 0) is 0 Å². The van der Waals surface area contributed by atoms with Gasteiger partial charge in [-0.2, -0.15) is 0 Å². The number of halogens is 2. The number of hydrogen-bond donors (Lipinski definition) is 0. The van der Waals surface area contributed by atoms with Crippen molar-refractivity contribution in [3.05, 3.63) is 41.2 Å². The summed E-state index contributed by atoms with van der Waals surface area (Å²) in [6.07, 6.45) is 0. The van der Waals surface area contributed by atoms with Gasteiger partial charge in [0, 0.05) is 0 Å². The van der Waals surface area contributed by atoms with Crippen LogP contribution < -0.4 is 3.12 Å². The van der Waals surface area contributed by atoms with Gasteiger partial charge >= 0.3 is 162 Å². The second kappa shape index (κ2) is 8.40. The van der Waals surface area contributed by atoms with Gasteiger partial charge in [0.05, 0.1) is 0 Å². The van der Waals surface area contributed by atoms with E-state index in [1.807, 2.05) is 24.8 Å². The average molecular weight is 544 g/mol. The molecule has 0 aliphatic carbocycles. The molecule has 0 saturated heterocycles. The topological polar surface area (TPSA) is 0 Å². The second-order valence-corrected chi connectivity index (χ2v) is 10.3. The molecule has 0 saturated carbocycles. The predicted molar refractivity (Wildman–Crippen MR) is 99.7 cm³/mol. The molecule has 0 bridgehead atoms. The van der Waals surface area contributed by atoms with Gasteiger partial charge in [0.2, 0.25) is 0 Å². The van der Waals surface area contributed by atoms with Gasteiger partial charge in [-0.1, -0.05) is 0 Å². The zero-order valence-electron chi connectivity index (χ0n) is 12.9. The summed E-state index contributed by atoms with van der Waals surface area (Å²) in [5, 5.41) is 0.478. The minimum absolute atomic E-state index is 0.144. The summed E-state index contributed by atoms with van der Waals surface area (Å²) >= 11 is 9.87. The third kappa shape index (κ3) is 4.22. The van der Waals surface area contributed by atoms with Crippen molar-refractivity contribution in [3.63, 3.8) is 0 Å². The van der Waals surface area contributed by atoms with Crippen LogP contribution >= 0.6 is 35.1 Å². The standard InChI is InChI=1S/C17H17ClFS2.Tl/c1-4-20-16-8-13(6-5-11(16)2)14-9-17(21-10-18)12(3)7-15(14)19;/h5,7-9H,4,10H2,1-3H3;. The summed E-state index contributed by atoms with van der Waals surface area (Å²) in [4.78, 5) is 2.30. The van der Waals surface area contributed by atoms with E-state index in [4.69, 9.17) is 11.6 Å². The van der Waals surface area contributed by atoms with E-state index in [1.54, 1.807) is 17.8 Å². The summed E-state index contributed by atoms with van der Waals surface area (Å²) in [5.74, 6) is 0.877. The average Bonchev–Trinajstić information content (AvgIpc) is 2.45. The van der Waals surface area contributed by atoms with Crippen LogP contribution in [0.3, 0.4) is 0 Å². The first kappa shape index (κ1) is 18.6. The van der Waals surface area contributed by atoms with Crippen molar-refractivity contribution >= 4 is 64.0 Å². The van der Waals surface area contributed by atoms with Crippen molar-refractivity contribution in [2.45, 2.75) is 30.6 Å². The minimum atomic E-state index is -0.144. The molecule has 0 radical (unpaired) electrons. The molecule has 2 aromatic rings. The van der Waals surface area contributed by atoms with Gasteiger partial charge in [0.1, 0.15) is 0 Å². The molecule has 0 aliphatic heterocycles. The number of alkyl halides is 1. The molecule has 0 nitrogen and oxygen atoms in total. The molecular formula is C17H17ClFS2Tl. The van der Waals surface area contributed by atoms with Gasteiger partial charge in [0.15, 0.2) is 0 Å². The Morgan fingerprint density at radius 3 is 2.23 bits per heavy atom. The number of rotatable bonds is 5. The maximum absolute atomic E-state index is 14.5. The third-order valence-corrected chi connectivity index (χ3v) is 7.50. The van der Waals surface area contributed by atoms with Crippen LogP contribution in [0.1, 0.15) is 18.1 Å². The summed E-state index contributed by atoms with van der Waals surface area (Å²) in [7, 11) is 0. The molecule has 0 atom stereocenters. The van der Waals surface area contributed by atoms with Gasteiger partial charge in [-0.25, -0.2) is 0 Å². The molecule has 2 rings (SSSR count). The molecule has 0 amide bonds. The van der Waals surface area contributed by atoms with Crippen molar-refractivity contribution in [2.75, 3.05) is 11.0 Å². The fourth-order valence-corrected chi connectivity index (χ4v) is 5.99. The van der Waals surface area contributed by atoms with Crippen LogP contribution in [0, 0.1) is 19.7 Å². The fraction of sp³-hybridized carbons (Fsp3) is 0.294. The van der Waals surface area contributed by atoms with Gasteiger partial charge in [-0.3, -0.25) is 0 Å². The van der Waals surface area contributed by atoms with Gasteiger partial charge < -0.3 is 0 Å². The summed E-state index contributed by atoms with van der Waals surface area (Å²) in [6.45, 7) is 6.20. The van der Waals surface area contributed by atoms with Crippen LogP contribution in [0.5, 0.6) is 0 Å². The van der Waals surface area contributed by atoms with E-state index in [0.29, 0.717) is 36.5 Å². The van der Waals surface area contributed by atoms with E-state index >= 15 is 0 Å². The number of benzene rings is 2. The molecule has 0 spiro atoms. The van der Waals surface area contributed by atoms with Crippen LogP contribution in [0.15, 0.2) is 34.1 Å². The Morgan fingerprint density at radius 1 is 1.00 bits per heavy atom. The zero-order chi connectivity index (χ0) is 16.3. The first-order chi connectivity index (χ1) is 10.5. The zero-order valence-corrected chi connectivity index (χ0v) is 19.8. The van der Waals surface area contributed by atoms with Crippen LogP contribution in [0.25, 0.3) is 11.1 Å². The Balaban J connectivity index is 2.60. The molecule has 0 aliphatic rings. The normalized spacial score (nSPS) is 10.9. The van der Waals surface area contributed by atoms with Crippen molar-refractivity contribution in [1.82, 2.24) is 0 Å². The summed E-state index contributed by atoms with van der Waals surface area (Å²) in [6, 6.07) is 7.95. The number of hydrogen-bond acceptors (Lipinski definition) is 2. The molecular weight excluding hydrogens is 527 g/mol. The van der Waals surface area contributed by atoms with E-state index in [0.717, 1.165) is 21.8 Å². The van der Waals surface area contributed by atoms with Gasteiger partial charge in [0.25, 0.3) is 0 Å². The third-order valence-electron chi connectivity index (χ3n) is 3.41. The van der Waals surface area contributed by atoms with Gasteiger partial charge in [-0.15, -0.1) is 0 Å². The Morgan fingerprint density at radius 2 is 1.59 bits per heavy atom. The second-order valence-electron chi connectivity index (χ2n) is 4.99. The van der Waals surface area contributed by atoms with Crippen LogP contribution in [-0.4, -0.2) is 36.7 Å².